The molecule has 4 nitrogen and oxygen atoms in total. The molecule has 0 radical (unpaired) electrons. The molecule has 0 aromatic rings. The molecule has 80 valence electrons. The molecule has 0 spiro atoms. The first-order valence-corrected chi connectivity index (χ1v) is 6.87. The molecule has 1 saturated heterocycles. The molecule has 1 amide bonds. The summed E-state index contributed by atoms with van der Waals surface area (Å²) in [6.07, 6.45) is 2.95. The lowest BCUT2D eigenvalue weighted by atomic mass is 10.2. The topological polar surface area (TPSA) is 54.5 Å². The van der Waals surface area contributed by atoms with Crippen molar-refractivity contribution in [1.29, 1.82) is 0 Å². The molecule has 1 aliphatic heterocycles. The van der Waals surface area contributed by atoms with Crippen molar-refractivity contribution in [2.45, 2.75) is 19.3 Å². The van der Waals surface area contributed by atoms with Gasteiger partial charge in [0, 0.05) is 19.5 Å². The van der Waals surface area contributed by atoms with Gasteiger partial charge in [0.15, 0.2) is 9.84 Å². The molecule has 0 atom stereocenters. The number of carbonyl (C=O) groups excluding carboxylic acids is 1. The normalized spacial score (nSPS) is 26.1. The summed E-state index contributed by atoms with van der Waals surface area (Å²) in [6, 6.07) is 0. The van der Waals surface area contributed by atoms with Crippen molar-refractivity contribution in [1.82, 2.24) is 4.90 Å². The monoisotopic (exact) mass is 217 g/mol. The average molecular weight is 217 g/mol. The van der Waals surface area contributed by atoms with Crippen molar-refractivity contribution in [2.75, 3.05) is 24.6 Å². The molecule has 0 unspecified atom stereocenters. The van der Waals surface area contributed by atoms with Gasteiger partial charge in [0.2, 0.25) is 5.91 Å². The summed E-state index contributed by atoms with van der Waals surface area (Å²) in [5.41, 5.74) is 0. The fraction of sp³-hybridized carbons (Fsp3) is 0.889. The smallest absolute Gasteiger partial charge is 0.222 e. The van der Waals surface area contributed by atoms with E-state index in [2.05, 4.69) is 0 Å². The third-order valence-corrected chi connectivity index (χ3v) is 4.47. The second-order valence-electron chi connectivity index (χ2n) is 4.18. The van der Waals surface area contributed by atoms with Crippen LogP contribution in [0.5, 0.6) is 0 Å². The van der Waals surface area contributed by atoms with E-state index in [9.17, 15) is 13.2 Å². The first kappa shape index (κ1) is 9.96. The van der Waals surface area contributed by atoms with Crippen LogP contribution in [0.1, 0.15) is 19.3 Å². The molecule has 5 heteroatoms. The van der Waals surface area contributed by atoms with Gasteiger partial charge < -0.3 is 4.90 Å². The van der Waals surface area contributed by atoms with Gasteiger partial charge in [0.1, 0.15) is 0 Å². The summed E-state index contributed by atoms with van der Waals surface area (Å²) in [5.74, 6) is 1.01. The number of carbonyl (C=O) groups is 1. The van der Waals surface area contributed by atoms with E-state index in [1.54, 1.807) is 4.90 Å². The van der Waals surface area contributed by atoms with Crippen LogP contribution < -0.4 is 0 Å². The van der Waals surface area contributed by atoms with E-state index < -0.39 is 9.84 Å². The fourth-order valence-corrected chi connectivity index (χ4v) is 2.86. The standard InChI is InChI=1S/C9H15NO3S/c11-9(7-8-1-2-8)10-3-5-14(12,13)6-4-10/h8H,1-7H2. The number of rotatable bonds is 2. The quantitative estimate of drug-likeness (QED) is 0.656. The molecule has 0 bridgehead atoms. The van der Waals surface area contributed by atoms with Gasteiger partial charge in [-0.05, 0) is 18.8 Å². The van der Waals surface area contributed by atoms with E-state index in [1.807, 2.05) is 0 Å². The van der Waals surface area contributed by atoms with Crippen LogP contribution in [-0.4, -0.2) is 43.8 Å². The Kier molecular flexibility index (Phi) is 2.51. The number of hydrogen-bond donors (Lipinski definition) is 0. The van der Waals surface area contributed by atoms with E-state index in [4.69, 9.17) is 0 Å². The van der Waals surface area contributed by atoms with Crippen LogP contribution in [0.2, 0.25) is 0 Å². The summed E-state index contributed by atoms with van der Waals surface area (Å²) in [5, 5.41) is 0. The molecule has 1 heterocycles. The zero-order valence-electron chi connectivity index (χ0n) is 8.11. The Hall–Kier alpha value is -0.580. The molecule has 0 aromatic heterocycles. The number of hydrogen-bond acceptors (Lipinski definition) is 3. The average Bonchev–Trinajstić information content (AvgIpc) is 2.88. The third-order valence-electron chi connectivity index (χ3n) is 2.86. The van der Waals surface area contributed by atoms with E-state index >= 15 is 0 Å². The summed E-state index contributed by atoms with van der Waals surface area (Å²) in [4.78, 5) is 13.3. The second kappa shape index (κ2) is 3.53. The van der Waals surface area contributed by atoms with Crippen LogP contribution in [0, 0.1) is 5.92 Å². The minimum Gasteiger partial charge on any atom is -0.341 e. The maximum Gasteiger partial charge on any atom is 0.222 e. The molecule has 2 fully saturated rings. The van der Waals surface area contributed by atoms with Crippen LogP contribution in [0.3, 0.4) is 0 Å². The largest absolute Gasteiger partial charge is 0.341 e. The maximum absolute atomic E-state index is 11.6. The van der Waals surface area contributed by atoms with Crippen LogP contribution in [-0.2, 0) is 14.6 Å². The minimum atomic E-state index is -2.86. The van der Waals surface area contributed by atoms with E-state index in [1.165, 1.54) is 0 Å². The molecule has 0 aromatic carbocycles. The summed E-state index contributed by atoms with van der Waals surface area (Å²) in [7, 11) is -2.86. The van der Waals surface area contributed by atoms with Gasteiger partial charge in [0.25, 0.3) is 0 Å². The first-order valence-electron chi connectivity index (χ1n) is 5.05. The fourth-order valence-electron chi connectivity index (χ4n) is 1.66. The Morgan fingerprint density at radius 2 is 1.79 bits per heavy atom. The predicted molar refractivity (Wildman–Crippen MR) is 52.6 cm³/mol. The van der Waals surface area contributed by atoms with Gasteiger partial charge >= 0.3 is 0 Å². The summed E-state index contributed by atoms with van der Waals surface area (Å²) in [6.45, 7) is 0.793. The van der Waals surface area contributed by atoms with E-state index in [0.29, 0.717) is 25.4 Å². The summed E-state index contributed by atoms with van der Waals surface area (Å²) < 4.78 is 22.2. The molecular formula is C9H15NO3S. The van der Waals surface area contributed by atoms with Gasteiger partial charge in [-0.2, -0.15) is 0 Å². The predicted octanol–water partition coefficient (Wildman–Crippen LogP) is 0.0435. The highest BCUT2D eigenvalue weighted by Crippen LogP contribution is 2.32. The highest BCUT2D eigenvalue weighted by atomic mass is 32.2. The Labute approximate surface area is 84.2 Å². The SMILES string of the molecule is O=C(CC1CC1)N1CCS(=O)(=O)CC1. The highest BCUT2D eigenvalue weighted by Gasteiger charge is 2.29. The molecular weight excluding hydrogens is 202 g/mol. The minimum absolute atomic E-state index is 0.141. The van der Waals surface area contributed by atoms with Crippen molar-refractivity contribution in [3.63, 3.8) is 0 Å². The van der Waals surface area contributed by atoms with Crippen LogP contribution >= 0.6 is 0 Å². The zero-order valence-corrected chi connectivity index (χ0v) is 8.92. The van der Waals surface area contributed by atoms with Crippen LogP contribution in [0.15, 0.2) is 0 Å². The van der Waals surface area contributed by atoms with Crippen LogP contribution in [0.25, 0.3) is 0 Å². The zero-order chi connectivity index (χ0) is 10.2. The van der Waals surface area contributed by atoms with Gasteiger partial charge in [0.05, 0.1) is 11.5 Å². The second-order valence-corrected chi connectivity index (χ2v) is 6.48. The van der Waals surface area contributed by atoms with E-state index in [-0.39, 0.29) is 17.4 Å². The van der Waals surface area contributed by atoms with Crippen LogP contribution in [0.4, 0.5) is 0 Å². The van der Waals surface area contributed by atoms with Gasteiger partial charge in [-0.3, -0.25) is 4.79 Å². The highest BCUT2D eigenvalue weighted by molar-refractivity contribution is 7.91. The lowest BCUT2D eigenvalue weighted by molar-refractivity contribution is -0.131. The molecule has 1 aliphatic carbocycles. The lowest BCUT2D eigenvalue weighted by Gasteiger charge is -2.26. The molecule has 0 N–H and O–H groups in total. The molecule has 1 saturated carbocycles. The summed E-state index contributed by atoms with van der Waals surface area (Å²) >= 11 is 0. The first-order chi connectivity index (χ1) is 6.57. The van der Waals surface area contributed by atoms with Crippen molar-refractivity contribution >= 4 is 15.7 Å². The van der Waals surface area contributed by atoms with Crippen molar-refractivity contribution in [3.8, 4) is 0 Å². The third kappa shape index (κ3) is 2.47. The van der Waals surface area contributed by atoms with Gasteiger partial charge in [-0.25, -0.2) is 8.42 Å². The van der Waals surface area contributed by atoms with E-state index in [0.717, 1.165) is 12.8 Å². The van der Waals surface area contributed by atoms with Crippen molar-refractivity contribution in [3.05, 3.63) is 0 Å². The molecule has 14 heavy (non-hydrogen) atoms. The van der Waals surface area contributed by atoms with Gasteiger partial charge in [-0.1, -0.05) is 0 Å². The number of amides is 1. The van der Waals surface area contributed by atoms with Crippen molar-refractivity contribution in [2.24, 2.45) is 5.92 Å². The number of nitrogens with zero attached hydrogens (tertiary/aromatic N) is 1. The Bertz CT molecular complexity index is 318. The maximum atomic E-state index is 11.6. The Balaban J connectivity index is 1.84. The molecule has 2 rings (SSSR count). The number of sulfone groups is 1. The molecule has 2 aliphatic rings. The lowest BCUT2D eigenvalue weighted by Crippen LogP contribution is -2.43. The Morgan fingerprint density at radius 1 is 1.21 bits per heavy atom. The van der Waals surface area contributed by atoms with Gasteiger partial charge in [-0.15, -0.1) is 0 Å². The van der Waals surface area contributed by atoms with Crippen molar-refractivity contribution < 1.29 is 13.2 Å². The Morgan fingerprint density at radius 3 is 2.29 bits per heavy atom.